The van der Waals surface area contributed by atoms with E-state index in [1.165, 1.54) is 10.8 Å². The van der Waals surface area contributed by atoms with Gasteiger partial charge in [0.2, 0.25) is 5.91 Å². The van der Waals surface area contributed by atoms with Crippen molar-refractivity contribution in [3.63, 3.8) is 0 Å². The van der Waals surface area contributed by atoms with Crippen molar-refractivity contribution in [2.24, 2.45) is 0 Å². The summed E-state index contributed by atoms with van der Waals surface area (Å²) in [6, 6.07) is 15.1. The predicted octanol–water partition coefficient (Wildman–Crippen LogP) is 2.59. The summed E-state index contributed by atoms with van der Waals surface area (Å²) >= 11 is 0. The van der Waals surface area contributed by atoms with Crippen molar-refractivity contribution in [1.82, 2.24) is 10.2 Å². The van der Waals surface area contributed by atoms with Crippen molar-refractivity contribution in [2.75, 3.05) is 13.1 Å². The van der Waals surface area contributed by atoms with Gasteiger partial charge in [-0.05, 0) is 30.2 Å². The molecule has 0 saturated carbocycles. The number of hydrogen-bond donors (Lipinski definition) is 1. The van der Waals surface area contributed by atoms with Crippen LogP contribution in [-0.2, 0) is 11.2 Å². The van der Waals surface area contributed by atoms with Gasteiger partial charge < -0.3 is 10.2 Å². The van der Waals surface area contributed by atoms with Gasteiger partial charge in [0.15, 0.2) is 0 Å². The second-order valence-electron chi connectivity index (χ2n) is 6.02. The zero-order valence-corrected chi connectivity index (χ0v) is 12.7. The fourth-order valence-corrected chi connectivity index (χ4v) is 3.08. The standard InChI is InChI=1S/C18H22N2O/c1-13-12-20(14(2)11-19-13)18(21)10-16-8-5-7-15-6-3-4-9-17(15)16/h3-9,13-14,19H,10-12H2,1-2H3. The van der Waals surface area contributed by atoms with Crippen molar-refractivity contribution in [3.8, 4) is 0 Å². The van der Waals surface area contributed by atoms with E-state index in [1.807, 2.05) is 23.1 Å². The zero-order chi connectivity index (χ0) is 14.8. The highest BCUT2D eigenvalue weighted by molar-refractivity contribution is 5.90. The first-order valence-corrected chi connectivity index (χ1v) is 7.64. The number of nitrogens with zero attached hydrogens (tertiary/aromatic N) is 1. The maximum absolute atomic E-state index is 12.7. The molecule has 2 aromatic rings. The second-order valence-corrected chi connectivity index (χ2v) is 6.02. The monoisotopic (exact) mass is 282 g/mol. The summed E-state index contributed by atoms with van der Waals surface area (Å²) < 4.78 is 0. The third-order valence-corrected chi connectivity index (χ3v) is 4.31. The Balaban J connectivity index is 1.83. The average molecular weight is 282 g/mol. The number of carbonyl (C=O) groups is 1. The molecule has 2 unspecified atom stereocenters. The Morgan fingerprint density at radius 1 is 1.19 bits per heavy atom. The summed E-state index contributed by atoms with van der Waals surface area (Å²) in [7, 11) is 0. The molecule has 21 heavy (non-hydrogen) atoms. The van der Waals surface area contributed by atoms with Crippen LogP contribution in [0.15, 0.2) is 42.5 Å². The molecule has 0 aliphatic carbocycles. The van der Waals surface area contributed by atoms with E-state index >= 15 is 0 Å². The van der Waals surface area contributed by atoms with Crippen LogP contribution in [0.1, 0.15) is 19.4 Å². The first-order valence-electron chi connectivity index (χ1n) is 7.64. The quantitative estimate of drug-likeness (QED) is 0.918. The number of nitrogens with one attached hydrogen (secondary N) is 1. The highest BCUT2D eigenvalue weighted by Gasteiger charge is 2.26. The summed E-state index contributed by atoms with van der Waals surface area (Å²) in [6.45, 7) is 5.91. The minimum absolute atomic E-state index is 0.229. The number of rotatable bonds is 2. The molecular formula is C18H22N2O. The molecule has 3 rings (SSSR count). The maximum atomic E-state index is 12.7. The lowest BCUT2D eigenvalue weighted by Crippen LogP contribution is -2.56. The number of fused-ring (bicyclic) bond motifs is 1. The van der Waals surface area contributed by atoms with E-state index < -0.39 is 0 Å². The Morgan fingerprint density at radius 3 is 2.81 bits per heavy atom. The van der Waals surface area contributed by atoms with Crippen molar-refractivity contribution in [3.05, 3.63) is 48.0 Å². The van der Waals surface area contributed by atoms with E-state index in [4.69, 9.17) is 0 Å². The molecule has 2 atom stereocenters. The van der Waals surface area contributed by atoms with Crippen LogP contribution in [-0.4, -0.2) is 36.0 Å². The molecule has 3 heteroatoms. The van der Waals surface area contributed by atoms with Crippen LogP contribution in [0.3, 0.4) is 0 Å². The summed E-state index contributed by atoms with van der Waals surface area (Å²) in [5.41, 5.74) is 1.12. The van der Waals surface area contributed by atoms with Crippen molar-refractivity contribution >= 4 is 16.7 Å². The molecule has 0 bridgehead atoms. The number of piperazine rings is 1. The number of hydrogen-bond acceptors (Lipinski definition) is 2. The minimum Gasteiger partial charge on any atom is -0.337 e. The smallest absolute Gasteiger partial charge is 0.227 e. The molecule has 1 aliphatic rings. The lowest BCUT2D eigenvalue weighted by molar-refractivity contribution is -0.133. The largest absolute Gasteiger partial charge is 0.337 e. The number of carbonyl (C=O) groups excluding carboxylic acids is 1. The molecule has 1 heterocycles. The van der Waals surface area contributed by atoms with E-state index in [2.05, 4.69) is 43.4 Å². The Labute approximate surface area is 125 Å². The van der Waals surface area contributed by atoms with Gasteiger partial charge in [-0.25, -0.2) is 0 Å². The van der Waals surface area contributed by atoms with Gasteiger partial charge in [-0.2, -0.15) is 0 Å². The Kier molecular flexibility index (Phi) is 3.93. The van der Waals surface area contributed by atoms with Gasteiger partial charge in [0.1, 0.15) is 0 Å². The van der Waals surface area contributed by atoms with Crippen molar-refractivity contribution < 1.29 is 4.79 Å². The zero-order valence-electron chi connectivity index (χ0n) is 12.7. The van der Waals surface area contributed by atoms with Gasteiger partial charge in [-0.15, -0.1) is 0 Å². The van der Waals surface area contributed by atoms with Gasteiger partial charge >= 0.3 is 0 Å². The fraction of sp³-hybridized carbons (Fsp3) is 0.389. The lowest BCUT2D eigenvalue weighted by Gasteiger charge is -2.37. The molecule has 0 aromatic heterocycles. The first-order chi connectivity index (χ1) is 10.1. The molecule has 1 fully saturated rings. The molecule has 0 spiro atoms. The van der Waals surface area contributed by atoms with Crippen LogP contribution in [0, 0.1) is 0 Å². The molecule has 0 radical (unpaired) electrons. The second kappa shape index (κ2) is 5.86. The molecular weight excluding hydrogens is 260 g/mol. The van der Waals surface area contributed by atoms with Gasteiger partial charge in [-0.1, -0.05) is 42.5 Å². The number of amides is 1. The van der Waals surface area contributed by atoms with Gasteiger partial charge in [-0.3, -0.25) is 4.79 Å². The van der Waals surface area contributed by atoms with Gasteiger partial charge in [0, 0.05) is 25.2 Å². The van der Waals surface area contributed by atoms with Crippen molar-refractivity contribution in [1.29, 1.82) is 0 Å². The van der Waals surface area contributed by atoms with Crippen LogP contribution in [0.4, 0.5) is 0 Å². The summed E-state index contributed by atoms with van der Waals surface area (Å²) in [5, 5.41) is 5.80. The Hall–Kier alpha value is -1.87. The lowest BCUT2D eigenvalue weighted by atomic mass is 10.0. The SMILES string of the molecule is CC1CN(C(=O)Cc2cccc3ccccc23)C(C)CN1. The summed E-state index contributed by atoms with van der Waals surface area (Å²) in [4.78, 5) is 14.7. The van der Waals surface area contributed by atoms with Gasteiger partial charge in [0.25, 0.3) is 0 Å². The highest BCUT2D eigenvalue weighted by atomic mass is 16.2. The minimum atomic E-state index is 0.229. The molecule has 2 aromatic carbocycles. The molecule has 110 valence electrons. The molecule has 3 nitrogen and oxygen atoms in total. The summed E-state index contributed by atoms with van der Waals surface area (Å²) in [5.74, 6) is 0.229. The Morgan fingerprint density at radius 2 is 1.95 bits per heavy atom. The van der Waals surface area contributed by atoms with Crippen molar-refractivity contribution in [2.45, 2.75) is 32.4 Å². The molecule has 1 N–H and O–H groups in total. The van der Waals surface area contributed by atoms with E-state index in [1.54, 1.807) is 0 Å². The van der Waals surface area contributed by atoms with Crippen LogP contribution >= 0.6 is 0 Å². The van der Waals surface area contributed by atoms with E-state index in [9.17, 15) is 4.79 Å². The highest BCUT2D eigenvalue weighted by Crippen LogP contribution is 2.20. The average Bonchev–Trinajstić information content (AvgIpc) is 2.50. The first kappa shape index (κ1) is 14.1. The van der Waals surface area contributed by atoms with Crippen LogP contribution < -0.4 is 5.32 Å². The third kappa shape index (κ3) is 2.93. The molecule has 1 amide bonds. The normalized spacial score (nSPS) is 22.5. The van der Waals surface area contributed by atoms with Crippen LogP contribution in [0.25, 0.3) is 10.8 Å². The molecule has 1 saturated heterocycles. The number of benzene rings is 2. The fourth-order valence-electron chi connectivity index (χ4n) is 3.08. The third-order valence-electron chi connectivity index (χ3n) is 4.31. The predicted molar refractivity (Wildman–Crippen MR) is 86.3 cm³/mol. The van der Waals surface area contributed by atoms with E-state index in [-0.39, 0.29) is 11.9 Å². The topological polar surface area (TPSA) is 32.3 Å². The van der Waals surface area contributed by atoms with E-state index in [0.717, 1.165) is 18.7 Å². The van der Waals surface area contributed by atoms with Gasteiger partial charge in [0.05, 0.1) is 6.42 Å². The maximum Gasteiger partial charge on any atom is 0.227 e. The summed E-state index contributed by atoms with van der Waals surface area (Å²) in [6.07, 6.45) is 0.485. The Bertz CT molecular complexity index is 647. The van der Waals surface area contributed by atoms with Crippen LogP contribution in [0.5, 0.6) is 0 Å². The van der Waals surface area contributed by atoms with E-state index in [0.29, 0.717) is 12.5 Å². The molecule has 1 aliphatic heterocycles. The van der Waals surface area contributed by atoms with Crippen LogP contribution in [0.2, 0.25) is 0 Å².